The Labute approximate surface area is 161 Å². The number of methoxy groups -OCH3 is 1. The molecule has 2 heterocycles. The summed E-state index contributed by atoms with van der Waals surface area (Å²) in [6.07, 6.45) is 0. The van der Waals surface area contributed by atoms with Crippen LogP contribution in [0, 0.1) is 0 Å². The molecule has 4 rings (SSSR count). The van der Waals surface area contributed by atoms with Gasteiger partial charge in [-0.25, -0.2) is 4.98 Å². The fourth-order valence-corrected chi connectivity index (χ4v) is 3.57. The third-order valence-corrected chi connectivity index (χ3v) is 4.89. The van der Waals surface area contributed by atoms with E-state index in [0.717, 1.165) is 10.2 Å². The van der Waals surface area contributed by atoms with Gasteiger partial charge in [0.15, 0.2) is 5.13 Å². The molecule has 2 aromatic heterocycles. The van der Waals surface area contributed by atoms with Crippen LogP contribution in [-0.4, -0.2) is 28.2 Å². The predicted molar refractivity (Wildman–Crippen MR) is 103 cm³/mol. The molecule has 0 atom stereocenters. The largest absolute Gasteiger partial charge is 0.494 e. The van der Waals surface area contributed by atoms with E-state index in [1.807, 2.05) is 18.2 Å². The zero-order valence-corrected chi connectivity index (χ0v) is 15.5. The van der Waals surface area contributed by atoms with Crippen LogP contribution in [0.1, 0.15) is 10.4 Å². The number of hydrogen-bond donors (Lipinski definition) is 2. The Morgan fingerprint density at radius 1 is 1.30 bits per heavy atom. The summed E-state index contributed by atoms with van der Waals surface area (Å²) in [6.45, 7) is 0. The number of fused-ring (bicyclic) bond motifs is 1. The Hall–Kier alpha value is -3.17. The molecule has 0 spiro atoms. The maximum Gasteiger partial charge on any atom is 0.322 e. The molecule has 10 heteroatoms. The molecule has 8 nitrogen and oxygen atoms in total. The molecule has 2 aromatic carbocycles. The van der Waals surface area contributed by atoms with Crippen molar-refractivity contribution in [3.63, 3.8) is 0 Å². The monoisotopic (exact) mass is 401 g/mol. The first-order valence-corrected chi connectivity index (χ1v) is 8.88. The van der Waals surface area contributed by atoms with Crippen LogP contribution in [0.2, 0.25) is 5.02 Å². The number of primary amides is 1. The van der Waals surface area contributed by atoms with Crippen molar-refractivity contribution in [2.45, 2.75) is 0 Å². The Kier molecular flexibility index (Phi) is 4.38. The molecular weight excluding hydrogens is 390 g/mol. The number of aromatic nitrogens is 3. The molecule has 0 fully saturated rings. The molecule has 0 radical (unpaired) electrons. The fourth-order valence-electron chi connectivity index (χ4n) is 2.52. The molecule has 1 amide bonds. The molecule has 136 valence electrons. The average molecular weight is 402 g/mol. The van der Waals surface area contributed by atoms with Crippen molar-refractivity contribution in [2.75, 3.05) is 12.4 Å². The maximum atomic E-state index is 11.6. The van der Waals surface area contributed by atoms with E-state index in [1.54, 1.807) is 19.2 Å². The standard InChI is InChI=1S/C17H12ClN5O3S/c1-25-11-3-2-4-12-13(11)20-17(27-12)21-16-23-22-15(26-16)9-6-5-8(18)7-10(9)14(19)24/h2-7H,1H3,(H2,19,24)(H,20,21,23). The zero-order chi connectivity index (χ0) is 19.0. The molecule has 0 saturated carbocycles. The minimum Gasteiger partial charge on any atom is -0.494 e. The number of halogens is 1. The quantitative estimate of drug-likeness (QED) is 0.521. The number of rotatable bonds is 5. The number of nitrogens with two attached hydrogens (primary N) is 1. The highest BCUT2D eigenvalue weighted by Crippen LogP contribution is 2.34. The number of carbonyl (C=O) groups excluding carboxylic acids is 1. The molecular formula is C17H12ClN5O3S. The van der Waals surface area contributed by atoms with Crippen molar-refractivity contribution in [1.29, 1.82) is 0 Å². The molecule has 0 unspecified atom stereocenters. The Bertz CT molecular complexity index is 1160. The van der Waals surface area contributed by atoms with Gasteiger partial charge in [0, 0.05) is 5.02 Å². The van der Waals surface area contributed by atoms with Gasteiger partial charge in [-0.1, -0.05) is 34.1 Å². The lowest BCUT2D eigenvalue weighted by molar-refractivity contribution is 0.100. The smallest absolute Gasteiger partial charge is 0.322 e. The highest BCUT2D eigenvalue weighted by atomic mass is 35.5. The van der Waals surface area contributed by atoms with Crippen LogP contribution in [-0.2, 0) is 0 Å². The lowest BCUT2D eigenvalue weighted by Gasteiger charge is -2.02. The second-order valence-corrected chi connectivity index (χ2v) is 6.88. The van der Waals surface area contributed by atoms with Crippen LogP contribution in [0.15, 0.2) is 40.8 Å². The zero-order valence-electron chi connectivity index (χ0n) is 13.9. The van der Waals surface area contributed by atoms with Crippen molar-refractivity contribution >= 4 is 50.2 Å². The molecule has 0 bridgehead atoms. The number of amides is 1. The highest BCUT2D eigenvalue weighted by Gasteiger charge is 2.17. The molecule has 0 saturated heterocycles. The van der Waals surface area contributed by atoms with E-state index in [-0.39, 0.29) is 17.5 Å². The SMILES string of the molecule is COc1cccc2sc(Nc3nnc(-c4ccc(Cl)cc4C(N)=O)o3)nc12. The molecule has 0 aliphatic rings. The first kappa shape index (κ1) is 17.3. The van der Waals surface area contributed by atoms with Crippen LogP contribution >= 0.6 is 22.9 Å². The Morgan fingerprint density at radius 3 is 2.93 bits per heavy atom. The van der Waals surface area contributed by atoms with Gasteiger partial charge in [0.05, 0.1) is 22.9 Å². The summed E-state index contributed by atoms with van der Waals surface area (Å²) in [5, 5.41) is 11.8. The first-order valence-electron chi connectivity index (χ1n) is 7.69. The van der Waals surface area contributed by atoms with E-state index in [1.165, 1.54) is 17.4 Å². The van der Waals surface area contributed by atoms with Gasteiger partial charge in [0.25, 0.3) is 5.89 Å². The topological polar surface area (TPSA) is 116 Å². The highest BCUT2D eigenvalue weighted by molar-refractivity contribution is 7.22. The summed E-state index contributed by atoms with van der Waals surface area (Å²) in [7, 11) is 1.59. The van der Waals surface area contributed by atoms with Crippen molar-refractivity contribution < 1.29 is 13.9 Å². The van der Waals surface area contributed by atoms with E-state index in [4.69, 9.17) is 26.5 Å². The van der Waals surface area contributed by atoms with Gasteiger partial charge >= 0.3 is 6.01 Å². The normalized spacial score (nSPS) is 10.9. The average Bonchev–Trinajstić information content (AvgIpc) is 3.28. The van der Waals surface area contributed by atoms with E-state index in [0.29, 0.717) is 21.5 Å². The van der Waals surface area contributed by atoms with Gasteiger partial charge < -0.3 is 14.9 Å². The predicted octanol–water partition coefficient (Wildman–Crippen LogP) is 3.85. The number of hydrogen-bond acceptors (Lipinski definition) is 8. The number of thiazole rings is 1. The number of ether oxygens (including phenoxy) is 1. The second-order valence-electron chi connectivity index (χ2n) is 5.42. The van der Waals surface area contributed by atoms with Gasteiger partial charge in [0.2, 0.25) is 5.91 Å². The van der Waals surface area contributed by atoms with Crippen molar-refractivity contribution in [1.82, 2.24) is 15.2 Å². The van der Waals surface area contributed by atoms with Gasteiger partial charge in [0.1, 0.15) is 11.3 Å². The number of nitrogens with zero attached hydrogens (tertiary/aromatic N) is 3. The molecule has 4 aromatic rings. The van der Waals surface area contributed by atoms with Crippen LogP contribution in [0.3, 0.4) is 0 Å². The summed E-state index contributed by atoms with van der Waals surface area (Å²) in [6, 6.07) is 10.5. The maximum absolute atomic E-state index is 11.6. The number of para-hydroxylation sites is 1. The molecule has 3 N–H and O–H groups in total. The lowest BCUT2D eigenvalue weighted by atomic mass is 10.1. The van der Waals surface area contributed by atoms with Crippen molar-refractivity contribution in [2.24, 2.45) is 5.73 Å². The van der Waals surface area contributed by atoms with E-state index in [2.05, 4.69) is 20.5 Å². The summed E-state index contributed by atoms with van der Waals surface area (Å²) in [4.78, 5) is 16.1. The van der Waals surface area contributed by atoms with Crippen LogP contribution in [0.4, 0.5) is 11.1 Å². The van der Waals surface area contributed by atoms with E-state index in [9.17, 15) is 4.79 Å². The lowest BCUT2D eigenvalue weighted by Crippen LogP contribution is -2.12. The molecule has 0 aliphatic carbocycles. The van der Waals surface area contributed by atoms with Crippen molar-refractivity contribution in [3.05, 3.63) is 47.0 Å². The summed E-state index contributed by atoms with van der Waals surface area (Å²) >= 11 is 7.34. The Balaban J connectivity index is 1.65. The number of benzene rings is 2. The van der Waals surface area contributed by atoms with Crippen LogP contribution in [0.25, 0.3) is 21.7 Å². The molecule has 27 heavy (non-hydrogen) atoms. The first-order chi connectivity index (χ1) is 13.0. The third kappa shape index (κ3) is 3.29. The van der Waals surface area contributed by atoms with E-state index >= 15 is 0 Å². The van der Waals surface area contributed by atoms with Gasteiger partial charge in [-0.2, -0.15) is 0 Å². The van der Waals surface area contributed by atoms with Gasteiger partial charge in [-0.3, -0.25) is 10.1 Å². The Morgan fingerprint density at radius 2 is 2.15 bits per heavy atom. The fraction of sp³-hybridized carbons (Fsp3) is 0.0588. The number of nitrogens with one attached hydrogen (secondary N) is 1. The van der Waals surface area contributed by atoms with E-state index < -0.39 is 5.91 Å². The molecule has 0 aliphatic heterocycles. The summed E-state index contributed by atoms with van der Waals surface area (Å²) in [5.41, 5.74) is 6.73. The minimum absolute atomic E-state index is 0.133. The summed E-state index contributed by atoms with van der Waals surface area (Å²) < 4.78 is 11.9. The minimum atomic E-state index is -0.640. The van der Waals surface area contributed by atoms with Crippen molar-refractivity contribution in [3.8, 4) is 17.2 Å². The summed E-state index contributed by atoms with van der Waals surface area (Å²) in [5.74, 6) is 0.176. The third-order valence-electron chi connectivity index (χ3n) is 3.72. The number of anilines is 2. The van der Waals surface area contributed by atoms with Crippen LogP contribution < -0.4 is 15.8 Å². The van der Waals surface area contributed by atoms with Gasteiger partial charge in [-0.05, 0) is 30.3 Å². The second kappa shape index (κ2) is 6.86. The number of carbonyl (C=O) groups is 1. The van der Waals surface area contributed by atoms with Crippen LogP contribution in [0.5, 0.6) is 5.75 Å². The van der Waals surface area contributed by atoms with Gasteiger partial charge in [-0.15, -0.1) is 5.10 Å².